The highest BCUT2D eigenvalue weighted by Gasteiger charge is 2.46. The summed E-state index contributed by atoms with van der Waals surface area (Å²) in [6, 6.07) is 12.4. The van der Waals surface area contributed by atoms with E-state index in [1.165, 1.54) is 18.3 Å². The standard InChI is InChI=1S/C43H48ClFN8O7S/c1-23(2)60-34-20-33(25(5)19-31(34)48-43-46-21-29(44)39(50-43)47-30-9-7-8-10-35(30)61(58,59)24(3)4)52-17-15-27(16-18-52)51(6)22-26-11-12-28-37(38(26)45)42(57)53(41(28)56)32-13-14-36(54)49-40(32)55/h7-12,19-21,23-24,27,32H,13-18,22H2,1-6H3,(H,49,54,55)(H2,46,47,48,50). The molecular formula is C43H48ClFN8O7S. The third-order valence-corrected chi connectivity index (χ3v) is 13.7. The Morgan fingerprint density at radius 3 is 2.39 bits per heavy atom. The van der Waals surface area contributed by atoms with Crippen LogP contribution in [0.1, 0.15) is 85.2 Å². The monoisotopic (exact) mass is 874 g/mol. The molecule has 0 bridgehead atoms. The van der Waals surface area contributed by atoms with Crippen LogP contribution in [0.2, 0.25) is 5.02 Å². The first-order valence-corrected chi connectivity index (χ1v) is 22.1. The zero-order valence-corrected chi connectivity index (χ0v) is 36.3. The lowest BCUT2D eigenvalue weighted by molar-refractivity contribution is -0.136. The van der Waals surface area contributed by atoms with E-state index in [2.05, 4.69) is 30.8 Å². The second kappa shape index (κ2) is 17.4. The number of ether oxygens (including phenoxy) is 1. The lowest BCUT2D eigenvalue weighted by Crippen LogP contribution is -2.54. The van der Waals surface area contributed by atoms with Crippen LogP contribution in [0.5, 0.6) is 5.75 Å². The van der Waals surface area contributed by atoms with E-state index >= 15 is 4.39 Å². The number of sulfone groups is 1. The van der Waals surface area contributed by atoms with Crippen molar-refractivity contribution in [2.45, 2.75) is 95.2 Å². The molecule has 1 unspecified atom stereocenters. The van der Waals surface area contributed by atoms with E-state index in [0.717, 1.165) is 29.0 Å². The first-order valence-electron chi connectivity index (χ1n) is 20.1. The van der Waals surface area contributed by atoms with Crippen molar-refractivity contribution in [3.8, 4) is 5.75 Å². The second-order valence-electron chi connectivity index (χ2n) is 16.1. The summed E-state index contributed by atoms with van der Waals surface area (Å²) in [7, 11) is -1.70. The maximum Gasteiger partial charge on any atom is 0.265 e. The number of hydrogen-bond donors (Lipinski definition) is 3. The number of fused-ring (bicyclic) bond motifs is 1. The third-order valence-electron chi connectivity index (χ3n) is 11.2. The van der Waals surface area contributed by atoms with Gasteiger partial charge in [-0.3, -0.25) is 34.3 Å². The smallest absolute Gasteiger partial charge is 0.265 e. The van der Waals surface area contributed by atoms with Gasteiger partial charge in [-0.1, -0.05) is 29.8 Å². The number of hydrogen-bond acceptors (Lipinski definition) is 13. The minimum absolute atomic E-state index is 0.0106. The van der Waals surface area contributed by atoms with Crippen LogP contribution in [0.3, 0.4) is 0 Å². The van der Waals surface area contributed by atoms with E-state index in [1.54, 1.807) is 38.1 Å². The molecule has 18 heteroatoms. The number of piperidine rings is 2. The minimum atomic E-state index is -3.61. The maximum atomic E-state index is 16.0. The molecule has 0 spiro atoms. The average molecular weight is 875 g/mol. The first-order chi connectivity index (χ1) is 28.9. The number of rotatable bonds is 13. The molecule has 61 heavy (non-hydrogen) atoms. The van der Waals surface area contributed by atoms with Gasteiger partial charge in [0.15, 0.2) is 15.7 Å². The highest BCUT2D eigenvalue weighted by Crippen LogP contribution is 2.38. The zero-order valence-electron chi connectivity index (χ0n) is 34.7. The van der Waals surface area contributed by atoms with Gasteiger partial charge >= 0.3 is 0 Å². The summed E-state index contributed by atoms with van der Waals surface area (Å²) < 4.78 is 48.5. The SMILES string of the molecule is Cc1cc(Nc2ncc(Cl)c(Nc3ccccc3S(=O)(=O)C(C)C)n2)c(OC(C)C)cc1N1CCC(N(C)Cc2ccc3c(c2F)C(=O)N(C2CCC(=O)NC2=O)C3=O)CC1. The molecule has 2 fully saturated rings. The van der Waals surface area contributed by atoms with Crippen LogP contribution in [-0.4, -0.2) is 95.4 Å². The number of para-hydroxylation sites is 1. The molecule has 4 aromatic rings. The van der Waals surface area contributed by atoms with E-state index in [4.69, 9.17) is 16.3 Å². The van der Waals surface area contributed by atoms with Crippen molar-refractivity contribution in [2.75, 3.05) is 35.7 Å². The fourth-order valence-electron chi connectivity index (χ4n) is 7.93. The Bertz CT molecular complexity index is 2530. The highest BCUT2D eigenvalue weighted by molar-refractivity contribution is 7.92. The van der Waals surface area contributed by atoms with E-state index < -0.39 is 50.6 Å². The number of anilines is 5. The topological polar surface area (TPSA) is 183 Å². The van der Waals surface area contributed by atoms with Gasteiger partial charge in [-0.05, 0) is 90.8 Å². The summed E-state index contributed by atoms with van der Waals surface area (Å²) in [5.41, 5.74) is 2.74. The lowest BCUT2D eigenvalue weighted by atomic mass is 9.99. The summed E-state index contributed by atoms with van der Waals surface area (Å²) in [5, 5.41) is 8.07. The molecule has 1 atom stereocenters. The Hall–Kier alpha value is -5.65. The first kappa shape index (κ1) is 43.4. The van der Waals surface area contributed by atoms with Crippen molar-refractivity contribution in [3.63, 3.8) is 0 Å². The van der Waals surface area contributed by atoms with Gasteiger partial charge in [0.05, 0.1) is 44.9 Å². The maximum absolute atomic E-state index is 16.0. The highest BCUT2D eigenvalue weighted by atomic mass is 35.5. The number of aryl methyl sites for hydroxylation is 1. The zero-order chi connectivity index (χ0) is 43.9. The summed E-state index contributed by atoms with van der Waals surface area (Å²) >= 11 is 6.50. The second-order valence-corrected chi connectivity index (χ2v) is 19.0. The van der Waals surface area contributed by atoms with Gasteiger partial charge in [0.1, 0.15) is 22.6 Å². The molecule has 0 radical (unpaired) electrons. The molecule has 3 aromatic carbocycles. The molecule has 3 N–H and O–H groups in total. The molecule has 3 aliphatic heterocycles. The molecule has 3 aliphatic rings. The predicted octanol–water partition coefficient (Wildman–Crippen LogP) is 6.54. The normalized spacial score (nSPS) is 17.4. The van der Waals surface area contributed by atoms with E-state index in [-0.39, 0.29) is 69.9 Å². The van der Waals surface area contributed by atoms with Crippen LogP contribution < -0.4 is 25.6 Å². The van der Waals surface area contributed by atoms with Crippen molar-refractivity contribution in [3.05, 3.63) is 87.8 Å². The van der Waals surface area contributed by atoms with Crippen molar-refractivity contribution in [1.82, 2.24) is 25.1 Å². The summed E-state index contributed by atoms with van der Waals surface area (Å²) in [6.45, 7) is 10.7. The van der Waals surface area contributed by atoms with Gasteiger partial charge in [-0.2, -0.15) is 4.98 Å². The van der Waals surface area contributed by atoms with Crippen molar-refractivity contribution in [1.29, 1.82) is 0 Å². The predicted molar refractivity (Wildman–Crippen MR) is 229 cm³/mol. The van der Waals surface area contributed by atoms with Crippen molar-refractivity contribution < 1.29 is 36.7 Å². The molecule has 2 saturated heterocycles. The Kier molecular flexibility index (Phi) is 12.4. The van der Waals surface area contributed by atoms with E-state index in [1.807, 2.05) is 44.9 Å². The molecule has 0 saturated carbocycles. The molecule has 7 rings (SSSR count). The Balaban J connectivity index is 1.03. The molecule has 322 valence electrons. The number of imide groups is 2. The molecule has 1 aromatic heterocycles. The number of halogens is 2. The molecule has 0 aliphatic carbocycles. The molecule has 4 heterocycles. The average Bonchev–Trinajstić information content (AvgIpc) is 3.46. The van der Waals surface area contributed by atoms with Crippen molar-refractivity contribution in [2.24, 2.45) is 0 Å². The van der Waals surface area contributed by atoms with Gasteiger partial charge in [-0.25, -0.2) is 17.8 Å². The molecular weight excluding hydrogens is 827 g/mol. The van der Waals surface area contributed by atoms with Gasteiger partial charge in [0.25, 0.3) is 11.8 Å². The van der Waals surface area contributed by atoms with Crippen LogP contribution >= 0.6 is 11.6 Å². The quantitative estimate of drug-likeness (QED) is 0.123. The third kappa shape index (κ3) is 8.77. The van der Waals surface area contributed by atoms with Crippen molar-refractivity contribution >= 4 is 73.9 Å². The van der Waals surface area contributed by atoms with E-state index in [9.17, 15) is 27.6 Å². The largest absolute Gasteiger partial charge is 0.489 e. The van der Waals surface area contributed by atoms with Gasteiger partial charge < -0.3 is 20.3 Å². The minimum Gasteiger partial charge on any atom is -0.489 e. The van der Waals surface area contributed by atoms with Gasteiger partial charge in [-0.15, -0.1) is 0 Å². The Morgan fingerprint density at radius 1 is 0.984 bits per heavy atom. The number of carbonyl (C=O) groups is 4. The van der Waals surface area contributed by atoms with Crippen LogP contribution in [0, 0.1) is 12.7 Å². The van der Waals surface area contributed by atoms with Gasteiger partial charge in [0.2, 0.25) is 17.8 Å². The van der Waals surface area contributed by atoms with E-state index in [0.29, 0.717) is 30.2 Å². The number of aromatic nitrogens is 2. The Morgan fingerprint density at radius 2 is 1.70 bits per heavy atom. The number of amides is 4. The number of nitrogens with one attached hydrogen (secondary N) is 3. The fourth-order valence-corrected chi connectivity index (χ4v) is 9.27. The fraction of sp³-hybridized carbons (Fsp3) is 0.395. The summed E-state index contributed by atoms with van der Waals surface area (Å²) in [4.78, 5) is 64.9. The Labute approximate surface area is 358 Å². The molecule has 4 amide bonds. The number of carbonyl (C=O) groups excluding carboxylic acids is 4. The van der Waals surface area contributed by atoms with Crippen LogP contribution in [0.15, 0.2) is 59.6 Å². The number of benzene rings is 3. The van der Waals surface area contributed by atoms with Crippen LogP contribution in [-0.2, 0) is 26.0 Å². The summed E-state index contributed by atoms with van der Waals surface area (Å²) in [6.07, 6.45) is 2.76. The van der Waals surface area contributed by atoms with Crippen LogP contribution in [0.4, 0.5) is 33.2 Å². The lowest BCUT2D eigenvalue weighted by Gasteiger charge is -2.38. The summed E-state index contributed by atoms with van der Waals surface area (Å²) in [5.74, 6) is -2.63. The molecule has 15 nitrogen and oxygen atoms in total. The van der Waals surface area contributed by atoms with Gasteiger partial charge in [0, 0.05) is 49.4 Å². The number of nitrogens with zero attached hydrogens (tertiary/aromatic N) is 5. The van der Waals surface area contributed by atoms with Crippen LogP contribution in [0.25, 0.3) is 0 Å².